The molecule has 1 unspecified atom stereocenters. The number of benzene rings is 1. The summed E-state index contributed by atoms with van der Waals surface area (Å²) in [5.74, 6) is -0.261. The number of aryl methyl sites for hydroxylation is 2. The maximum Gasteiger partial charge on any atom is 0.128 e. The molecule has 1 heterocycles. The number of rotatable bonds is 2. The van der Waals surface area contributed by atoms with Crippen molar-refractivity contribution >= 4 is 11.5 Å². The molecule has 0 spiro atoms. The summed E-state index contributed by atoms with van der Waals surface area (Å²) in [7, 11) is 0. The van der Waals surface area contributed by atoms with Gasteiger partial charge < -0.3 is 5.73 Å². The molecule has 0 bridgehead atoms. The van der Waals surface area contributed by atoms with Gasteiger partial charge in [0.15, 0.2) is 0 Å². The highest BCUT2D eigenvalue weighted by Gasteiger charge is 2.28. The van der Waals surface area contributed by atoms with Crippen molar-refractivity contribution in [2.75, 3.05) is 0 Å². The van der Waals surface area contributed by atoms with Crippen LogP contribution in [0.3, 0.4) is 0 Å². The van der Waals surface area contributed by atoms with E-state index in [1.54, 1.807) is 0 Å². The van der Waals surface area contributed by atoms with Crippen LogP contribution in [-0.2, 0) is 5.41 Å². The van der Waals surface area contributed by atoms with Crippen molar-refractivity contribution in [2.45, 2.75) is 46.1 Å². The first kappa shape index (κ1) is 15.1. The number of hydrogen-bond acceptors (Lipinski definition) is 4. The predicted molar refractivity (Wildman–Crippen MR) is 80.5 cm³/mol. The van der Waals surface area contributed by atoms with Crippen LogP contribution >= 0.6 is 11.5 Å². The monoisotopic (exact) mass is 293 g/mol. The summed E-state index contributed by atoms with van der Waals surface area (Å²) in [6.07, 6.45) is 0. The van der Waals surface area contributed by atoms with E-state index in [1.165, 1.54) is 17.6 Å². The molecule has 1 aromatic carbocycles. The summed E-state index contributed by atoms with van der Waals surface area (Å²) in [6.45, 7) is 9.92. The number of nitrogens with zero attached hydrogens (tertiary/aromatic N) is 2. The molecule has 3 nitrogen and oxygen atoms in total. The van der Waals surface area contributed by atoms with Crippen LogP contribution in [0.1, 0.15) is 54.1 Å². The lowest BCUT2D eigenvalue weighted by Crippen LogP contribution is -2.21. The van der Waals surface area contributed by atoms with E-state index in [4.69, 9.17) is 5.73 Å². The average Bonchev–Trinajstić information content (AvgIpc) is 2.75. The fourth-order valence-corrected chi connectivity index (χ4v) is 3.25. The van der Waals surface area contributed by atoms with Gasteiger partial charge in [-0.2, -0.15) is 0 Å². The van der Waals surface area contributed by atoms with Gasteiger partial charge in [0, 0.05) is 11.0 Å². The van der Waals surface area contributed by atoms with Crippen LogP contribution in [0.5, 0.6) is 0 Å². The van der Waals surface area contributed by atoms with Crippen LogP contribution in [0.2, 0.25) is 0 Å². The summed E-state index contributed by atoms with van der Waals surface area (Å²) in [5, 5.41) is 4.18. The highest BCUT2D eigenvalue weighted by molar-refractivity contribution is 7.05. The Kier molecular flexibility index (Phi) is 3.93. The van der Waals surface area contributed by atoms with Crippen LogP contribution in [0.25, 0.3) is 0 Å². The second kappa shape index (κ2) is 5.22. The molecule has 0 saturated heterocycles. The summed E-state index contributed by atoms with van der Waals surface area (Å²) in [4.78, 5) is 0.836. The Balaban J connectivity index is 2.53. The topological polar surface area (TPSA) is 51.8 Å². The maximum absolute atomic E-state index is 14.3. The SMILES string of the molecule is Cc1cc(C)c(C(N)c2snnc2C(C)(C)C)c(F)c1. The van der Waals surface area contributed by atoms with Gasteiger partial charge in [-0.3, -0.25) is 0 Å². The summed E-state index contributed by atoms with van der Waals surface area (Å²) >= 11 is 1.25. The second-order valence-corrected chi connectivity index (χ2v) is 6.98. The second-order valence-electron chi connectivity index (χ2n) is 6.19. The zero-order valence-electron chi connectivity index (χ0n) is 12.5. The van der Waals surface area contributed by atoms with Gasteiger partial charge in [-0.15, -0.1) is 5.10 Å². The molecule has 0 fully saturated rings. The fraction of sp³-hybridized carbons (Fsp3) is 0.467. The molecule has 2 N–H and O–H groups in total. The third-order valence-corrected chi connectivity index (χ3v) is 4.11. The summed E-state index contributed by atoms with van der Waals surface area (Å²) in [5.41, 5.74) is 9.28. The summed E-state index contributed by atoms with van der Waals surface area (Å²) in [6, 6.07) is 2.95. The van der Waals surface area contributed by atoms with E-state index in [2.05, 4.69) is 30.4 Å². The van der Waals surface area contributed by atoms with Gasteiger partial charge in [-0.25, -0.2) is 4.39 Å². The van der Waals surface area contributed by atoms with Crippen LogP contribution in [0.4, 0.5) is 4.39 Å². The van der Waals surface area contributed by atoms with Crippen molar-refractivity contribution in [2.24, 2.45) is 5.73 Å². The minimum Gasteiger partial charge on any atom is -0.319 e. The van der Waals surface area contributed by atoms with Crippen LogP contribution < -0.4 is 5.73 Å². The fourth-order valence-electron chi connectivity index (χ4n) is 2.37. The number of aromatic nitrogens is 2. The van der Waals surface area contributed by atoms with Crippen molar-refractivity contribution < 1.29 is 4.39 Å². The Morgan fingerprint density at radius 2 is 1.90 bits per heavy atom. The quantitative estimate of drug-likeness (QED) is 0.919. The van der Waals surface area contributed by atoms with Crippen molar-refractivity contribution in [3.8, 4) is 0 Å². The molecule has 0 saturated carbocycles. The molecule has 1 aromatic heterocycles. The minimum atomic E-state index is -0.523. The van der Waals surface area contributed by atoms with E-state index in [0.717, 1.165) is 21.7 Å². The van der Waals surface area contributed by atoms with E-state index in [1.807, 2.05) is 19.9 Å². The minimum absolute atomic E-state index is 0.158. The van der Waals surface area contributed by atoms with Crippen LogP contribution in [0.15, 0.2) is 12.1 Å². The molecule has 2 rings (SSSR count). The van der Waals surface area contributed by atoms with Gasteiger partial charge in [0.25, 0.3) is 0 Å². The normalized spacial score (nSPS) is 13.6. The number of halogens is 1. The smallest absolute Gasteiger partial charge is 0.128 e. The first-order chi connectivity index (χ1) is 9.21. The maximum atomic E-state index is 14.3. The highest BCUT2D eigenvalue weighted by atomic mass is 32.1. The van der Waals surface area contributed by atoms with E-state index < -0.39 is 6.04 Å². The Morgan fingerprint density at radius 1 is 1.25 bits per heavy atom. The van der Waals surface area contributed by atoms with Crippen LogP contribution in [0, 0.1) is 19.7 Å². The molecular weight excluding hydrogens is 273 g/mol. The molecule has 0 radical (unpaired) electrons. The van der Waals surface area contributed by atoms with Crippen molar-refractivity contribution in [1.82, 2.24) is 9.59 Å². The third kappa shape index (κ3) is 2.74. The highest BCUT2D eigenvalue weighted by Crippen LogP contribution is 2.34. The summed E-state index contributed by atoms with van der Waals surface area (Å²) < 4.78 is 18.3. The number of hydrogen-bond donors (Lipinski definition) is 1. The van der Waals surface area contributed by atoms with Gasteiger partial charge in [0.1, 0.15) is 5.82 Å². The lowest BCUT2D eigenvalue weighted by atomic mass is 9.88. The zero-order valence-corrected chi connectivity index (χ0v) is 13.3. The number of nitrogens with two attached hydrogens (primary N) is 1. The molecule has 0 aliphatic rings. The molecule has 0 amide bonds. The van der Waals surface area contributed by atoms with E-state index >= 15 is 0 Å². The first-order valence-electron chi connectivity index (χ1n) is 6.56. The molecule has 0 aliphatic heterocycles. The Morgan fingerprint density at radius 3 is 2.45 bits per heavy atom. The third-order valence-electron chi connectivity index (χ3n) is 3.30. The predicted octanol–water partition coefficient (Wildman–Crippen LogP) is 3.64. The van der Waals surface area contributed by atoms with E-state index in [0.29, 0.717) is 5.56 Å². The molecule has 0 aliphatic carbocycles. The Labute approximate surface area is 123 Å². The molecule has 5 heteroatoms. The average molecular weight is 293 g/mol. The van der Waals surface area contributed by atoms with E-state index in [9.17, 15) is 4.39 Å². The lowest BCUT2D eigenvalue weighted by Gasteiger charge is -2.21. The van der Waals surface area contributed by atoms with Gasteiger partial charge in [0.2, 0.25) is 0 Å². The van der Waals surface area contributed by atoms with Crippen molar-refractivity contribution in [3.05, 3.63) is 45.2 Å². The largest absolute Gasteiger partial charge is 0.319 e. The Bertz CT molecular complexity index is 605. The van der Waals surface area contributed by atoms with Crippen LogP contribution in [-0.4, -0.2) is 9.59 Å². The van der Waals surface area contributed by atoms with Gasteiger partial charge in [-0.1, -0.05) is 31.3 Å². The molecular formula is C15H20FN3S. The van der Waals surface area contributed by atoms with Gasteiger partial charge >= 0.3 is 0 Å². The molecule has 2 aromatic rings. The molecule has 20 heavy (non-hydrogen) atoms. The van der Waals surface area contributed by atoms with Gasteiger partial charge in [-0.05, 0) is 42.6 Å². The first-order valence-corrected chi connectivity index (χ1v) is 7.34. The lowest BCUT2D eigenvalue weighted by molar-refractivity contribution is 0.551. The standard InChI is InChI=1S/C15H20FN3S/c1-8-6-9(2)11(10(16)7-8)12(17)13-14(15(3,4)5)18-19-20-13/h6-7,12H,17H2,1-5H3. The molecule has 108 valence electrons. The Hall–Kier alpha value is -1.33. The van der Waals surface area contributed by atoms with Crippen molar-refractivity contribution in [1.29, 1.82) is 0 Å². The zero-order chi connectivity index (χ0) is 15.1. The van der Waals surface area contributed by atoms with Gasteiger partial charge in [0.05, 0.1) is 16.6 Å². The van der Waals surface area contributed by atoms with E-state index in [-0.39, 0.29) is 11.2 Å². The molecule has 1 atom stereocenters. The van der Waals surface area contributed by atoms with Crippen molar-refractivity contribution in [3.63, 3.8) is 0 Å².